The average molecular weight is 425 g/mol. The van der Waals surface area contributed by atoms with Gasteiger partial charge in [0.05, 0.1) is 13.0 Å². The highest BCUT2D eigenvalue weighted by Crippen LogP contribution is 2.40. The van der Waals surface area contributed by atoms with Crippen LogP contribution >= 0.6 is 0 Å². The summed E-state index contributed by atoms with van der Waals surface area (Å²) in [5, 5.41) is 0. The van der Waals surface area contributed by atoms with Crippen molar-refractivity contribution < 1.29 is 19.1 Å². The Bertz CT molecular complexity index is 1020. The Morgan fingerprint density at radius 3 is 2.58 bits per heavy atom. The molecule has 0 bridgehead atoms. The van der Waals surface area contributed by atoms with Crippen molar-refractivity contribution in [2.24, 2.45) is 4.99 Å². The van der Waals surface area contributed by atoms with Gasteiger partial charge in [0, 0.05) is 30.7 Å². The molecule has 3 aliphatic heterocycles. The maximum atomic E-state index is 13.4. The fourth-order valence-corrected chi connectivity index (χ4v) is 4.33. The lowest BCUT2D eigenvalue weighted by atomic mass is 10.1. The average Bonchev–Trinajstić information content (AvgIpc) is 3.22. The van der Waals surface area contributed by atoms with Gasteiger partial charge in [0.1, 0.15) is 0 Å². The SMILES string of the molecule is CCOC(=O)CCN1C(=O)C2C(N=C3N(c4cccc(C)c4)C(C)=C(C)N32)N(C)C1=O. The summed E-state index contributed by atoms with van der Waals surface area (Å²) in [4.78, 5) is 49.4. The molecule has 0 N–H and O–H groups in total. The second kappa shape index (κ2) is 7.72. The summed E-state index contributed by atoms with van der Waals surface area (Å²) in [6.07, 6.45) is -0.655. The van der Waals surface area contributed by atoms with Crippen LogP contribution in [0.25, 0.3) is 0 Å². The molecule has 1 saturated heterocycles. The third-order valence-corrected chi connectivity index (χ3v) is 6.00. The van der Waals surface area contributed by atoms with Crippen LogP contribution in [0.3, 0.4) is 0 Å². The predicted molar refractivity (Wildman–Crippen MR) is 115 cm³/mol. The number of rotatable bonds is 5. The van der Waals surface area contributed by atoms with Gasteiger partial charge in [-0.2, -0.15) is 0 Å². The number of fused-ring (bicyclic) bond motifs is 3. The van der Waals surface area contributed by atoms with E-state index < -0.39 is 24.2 Å². The first-order valence-electron chi connectivity index (χ1n) is 10.4. The highest BCUT2D eigenvalue weighted by Gasteiger charge is 2.55. The molecule has 0 aliphatic carbocycles. The quantitative estimate of drug-likeness (QED) is 0.673. The van der Waals surface area contributed by atoms with Gasteiger partial charge in [0.15, 0.2) is 12.2 Å². The van der Waals surface area contributed by atoms with E-state index in [1.54, 1.807) is 14.0 Å². The van der Waals surface area contributed by atoms with Gasteiger partial charge in [-0.15, -0.1) is 0 Å². The zero-order valence-corrected chi connectivity index (χ0v) is 18.5. The zero-order valence-electron chi connectivity index (χ0n) is 18.5. The summed E-state index contributed by atoms with van der Waals surface area (Å²) in [7, 11) is 1.64. The number of carbonyl (C=O) groups excluding carboxylic acids is 3. The van der Waals surface area contributed by atoms with E-state index in [1.165, 1.54) is 4.90 Å². The van der Waals surface area contributed by atoms with Crippen LogP contribution in [-0.2, 0) is 14.3 Å². The van der Waals surface area contributed by atoms with E-state index in [0.717, 1.165) is 27.5 Å². The molecule has 1 aromatic rings. The molecule has 0 aromatic heterocycles. The highest BCUT2D eigenvalue weighted by molar-refractivity contribution is 6.10. The van der Waals surface area contributed by atoms with Crippen molar-refractivity contribution in [1.82, 2.24) is 14.7 Å². The minimum Gasteiger partial charge on any atom is -0.466 e. The van der Waals surface area contributed by atoms with Gasteiger partial charge in [-0.05, 0) is 45.4 Å². The van der Waals surface area contributed by atoms with Gasteiger partial charge in [-0.3, -0.25) is 24.3 Å². The summed E-state index contributed by atoms with van der Waals surface area (Å²) in [6, 6.07) is 6.95. The number of esters is 1. The molecule has 1 aromatic carbocycles. The Hall–Kier alpha value is -3.36. The maximum absolute atomic E-state index is 13.4. The Labute approximate surface area is 181 Å². The van der Waals surface area contributed by atoms with Gasteiger partial charge in [-0.25, -0.2) is 9.79 Å². The van der Waals surface area contributed by atoms with Crippen LogP contribution < -0.4 is 4.90 Å². The fraction of sp³-hybridized carbons (Fsp3) is 0.455. The number of anilines is 1. The molecule has 9 heteroatoms. The number of benzene rings is 1. The molecule has 3 aliphatic rings. The van der Waals surface area contributed by atoms with Crippen molar-refractivity contribution in [3.05, 3.63) is 41.2 Å². The molecule has 0 saturated carbocycles. The first-order valence-corrected chi connectivity index (χ1v) is 10.4. The van der Waals surface area contributed by atoms with Gasteiger partial charge < -0.3 is 9.64 Å². The summed E-state index contributed by atoms with van der Waals surface area (Å²) in [5.74, 6) is -0.153. The maximum Gasteiger partial charge on any atom is 0.328 e. The molecule has 164 valence electrons. The molecular formula is C22H27N5O4. The number of ether oxygens (including phenoxy) is 1. The number of hydrogen-bond donors (Lipinski definition) is 0. The number of carbonyl (C=O) groups is 3. The van der Waals surface area contributed by atoms with Crippen molar-refractivity contribution in [1.29, 1.82) is 0 Å². The fourth-order valence-electron chi connectivity index (χ4n) is 4.33. The summed E-state index contributed by atoms with van der Waals surface area (Å²) in [6.45, 7) is 7.93. The largest absolute Gasteiger partial charge is 0.466 e. The smallest absolute Gasteiger partial charge is 0.328 e. The molecule has 4 rings (SSSR count). The number of aryl methyl sites for hydroxylation is 1. The normalized spacial score (nSPS) is 22.8. The lowest BCUT2D eigenvalue weighted by Crippen LogP contribution is -2.64. The molecular weight excluding hydrogens is 398 g/mol. The van der Waals surface area contributed by atoms with E-state index in [9.17, 15) is 14.4 Å². The molecule has 0 radical (unpaired) electrons. The number of aliphatic imine (C=N–C) groups is 1. The number of guanidine groups is 1. The second-order valence-corrected chi connectivity index (χ2v) is 7.94. The zero-order chi connectivity index (χ0) is 22.4. The van der Waals surface area contributed by atoms with Crippen LogP contribution in [0.2, 0.25) is 0 Å². The first kappa shape index (κ1) is 20.9. The number of hydrogen-bond acceptors (Lipinski definition) is 7. The number of likely N-dealkylation sites (N-methyl/N-ethyl adjacent to an activating group) is 1. The van der Waals surface area contributed by atoms with Crippen molar-refractivity contribution >= 4 is 29.6 Å². The van der Waals surface area contributed by atoms with Gasteiger partial charge >= 0.3 is 12.0 Å². The van der Waals surface area contributed by atoms with E-state index in [4.69, 9.17) is 9.73 Å². The van der Waals surface area contributed by atoms with E-state index >= 15 is 0 Å². The van der Waals surface area contributed by atoms with Crippen LogP contribution in [0.4, 0.5) is 10.5 Å². The number of allylic oxidation sites excluding steroid dienone is 2. The molecule has 2 atom stereocenters. The monoisotopic (exact) mass is 425 g/mol. The molecule has 3 amide bonds. The Morgan fingerprint density at radius 1 is 1.16 bits per heavy atom. The van der Waals surface area contributed by atoms with Crippen LogP contribution in [0, 0.1) is 6.92 Å². The van der Waals surface area contributed by atoms with Gasteiger partial charge in [-0.1, -0.05) is 12.1 Å². The Morgan fingerprint density at radius 2 is 1.90 bits per heavy atom. The van der Waals surface area contributed by atoms with Crippen molar-refractivity contribution in [3.8, 4) is 0 Å². The van der Waals surface area contributed by atoms with Crippen LogP contribution in [-0.4, -0.2) is 71.0 Å². The number of imide groups is 1. The Balaban J connectivity index is 1.66. The second-order valence-electron chi connectivity index (χ2n) is 7.94. The summed E-state index contributed by atoms with van der Waals surface area (Å²) < 4.78 is 4.94. The highest BCUT2D eigenvalue weighted by atomic mass is 16.5. The van der Waals surface area contributed by atoms with Crippen molar-refractivity contribution in [3.63, 3.8) is 0 Å². The minimum absolute atomic E-state index is 0.0173. The van der Waals surface area contributed by atoms with Gasteiger partial charge in [0.2, 0.25) is 5.96 Å². The first-order chi connectivity index (χ1) is 14.8. The topological polar surface area (TPSA) is 85.8 Å². The third kappa shape index (κ3) is 3.24. The summed E-state index contributed by atoms with van der Waals surface area (Å²) in [5.41, 5.74) is 3.96. The Kier molecular flexibility index (Phi) is 5.20. The van der Waals surface area contributed by atoms with E-state index in [0.29, 0.717) is 5.96 Å². The molecule has 1 fully saturated rings. The van der Waals surface area contributed by atoms with Crippen LogP contribution in [0.1, 0.15) is 32.8 Å². The molecule has 31 heavy (non-hydrogen) atoms. The lowest BCUT2D eigenvalue weighted by molar-refractivity contribution is -0.144. The predicted octanol–water partition coefficient (Wildman–Crippen LogP) is 2.28. The number of nitrogens with zero attached hydrogens (tertiary/aromatic N) is 5. The van der Waals surface area contributed by atoms with Crippen LogP contribution in [0.15, 0.2) is 40.7 Å². The summed E-state index contributed by atoms with van der Waals surface area (Å²) >= 11 is 0. The van der Waals surface area contributed by atoms with Crippen molar-refractivity contribution in [2.75, 3.05) is 25.1 Å². The third-order valence-electron chi connectivity index (χ3n) is 6.00. The number of urea groups is 1. The van der Waals surface area contributed by atoms with Crippen molar-refractivity contribution in [2.45, 2.75) is 46.3 Å². The van der Waals surface area contributed by atoms with E-state index in [-0.39, 0.29) is 25.5 Å². The lowest BCUT2D eigenvalue weighted by Gasteiger charge is -2.40. The van der Waals surface area contributed by atoms with Gasteiger partial charge in [0.25, 0.3) is 5.91 Å². The van der Waals surface area contributed by atoms with E-state index in [2.05, 4.69) is 6.07 Å². The molecule has 0 spiro atoms. The van der Waals surface area contributed by atoms with E-state index in [1.807, 2.05) is 48.8 Å². The van der Waals surface area contributed by atoms with Crippen LogP contribution in [0.5, 0.6) is 0 Å². The molecule has 3 heterocycles. The molecule has 9 nitrogen and oxygen atoms in total. The number of amides is 3. The molecule has 2 unspecified atom stereocenters. The standard InChI is InChI=1S/C22H27N5O4/c1-6-31-17(28)10-11-25-20(29)18-19(24(5)22(25)30)23-21-26(14(3)15(4)27(18)21)16-9-7-8-13(2)12-16/h7-9,12,18-19H,6,10-11H2,1-5H3. The minimum atomic E-state index is -0.662.